The molecule has 0 aliphatic rings. The van der Waals surface area contributed by atoms with Crippen LogP contribution in [0, 0.1) is 11.3 Å². The Morgan fingerprint density at radius 1 is 1.37 bits per heavy atom. The summed E-state index contributed by atoms with van der Waals surface area (Å²) in [6.45, 7) is 2.61. The number of benzene rings is 1. The second-order valence-corrected chi connectivity index (χ2v) is 4.43. The van der Waals surface area contributed by atoms with Crippen LogP contribution in [0.4, 0.5) is 0 Å². The fourth-order valence-electron chi connectivity index (χ4n) is 1.92. The predicted molar refractivity (Wildman–Crippen MR) is 75.4 cm³/mol. The highest BCUT2D eigenvalue weighted by Crippen LogP contribution is 2.20. The fraction of sp³-hybridized carbons (Fsp3) is 0.533. The van der Waals surface area contributed by atoms with E-state index < -0.39 is 5.54 Å². The summed E-state index contributed by atoms with van der Waals surface area (Å²) in [4.78, 5) is 0. The van der Waals surface area contributed by atoms with Gasteiger partial charge in [-0.25, -0.2) is 0 Å². The van der Waals surface area contributed by atoms with Crippen molar-refractivity contribution < 1.29 is 9.47 Å². The second kappa shape index (κ2) is 7.65. The van der Waals surface area contributed by atoms with E-state index in [9.17, 15) is 5.26 Å². The summed E-state index contributed by atoms with van der Waals surface area (Å²) in [5.41, 5.74) is -0.433. The highest BCUT2D eigenvalue weighted by Gasteiger charge is 2.24. The molecule has 0 saturated heterocycles. The number of rotatable bonds is 8. The van der Waals surface area contributed by atoms with Crippen molar-refractivity contribution >= 4 is 0 Å². The molecule has 19 heavy (non-hydrogen) atoms. The zero-order chi connectivity index (χ0) is 14.1. The van der Waals surface area contributed by atoms with Crippen LogP contribution in [0.1, 0.15) is 26.2 Å². The Kier molecular flexibility index (Phi) is 6.17. The van der Waals surface area contributed by atoms with Crippen LogP contribution in [0.15, 0.2) is 24.3 Å². The first kappa shape index (κ1) is 15.3. The van der Waals surface area contributed by atoms with Crippen molar-refractivity contribution in [2.45, 2.75) is 31.7 Å². The Bertz CT molecular complexity index is 422. The van der Waals surface area contributed by atoms with Crippen molar-refractivity contribution in [3.63, 3.8) is 0 Å². The molecule has 0 radical (unpaired) electrons. The molecule has 1 rings (SSSR count). The maximum Gasteiger partial charge on any atom is 0.122 e. The number of hydrogen-bond acceptors (Lipinski definition) is 4. The Labute approximate surface area is 115 Å². The van der Waals surface area contributed by atoms with E-state index in [1.165, 1.54) is 0 Å². The molecule has 0 aromatic heterocycles. The lowest BCUT2D eigenvalue weighted by Gasteiger charge is -2.24. The summed E-state index contributed by atoms with van der Waals surface area (Å²) in [6, 6.07) is 9.88. The molecule has 0 aliphatic carbocycles. The van der Waals surface area contributed by atoms with E-state index in [1.54, 1.807) is 7.11 Å². The van der Waals surface area contributed by atoms with E-state index in [4.69, 9.17) is 9.47 Å². The van der Waals surface area contributed by atoms with Crippen LogP contribution in [-0.4, -0.2) is 26.3 Å². The molecule has 0 heterocycles. The lowest BCUT2D eigenvalue weighted by atomic mass is 9.92. The van der Waals surface area contributed by atoms with Crippen LogP contribution in [0.3, 0.4) is 0 Å². The van der Waals surface area contributed by atoms with Gasteiger partial charge < -0.3 is 14.8 Å². The SMILES string of the molecule is CCC(C#N)(CCCOc1cccc(OC)c1)NC. The molecule has 4 heteroatoms. The quantitative estimate of drug-likeness (QED) is 0.732. The Morgan fingerprint density at radius 3 is 2.68 bits per heavy atom. The van der Waals surface area contributed by atoms with E-state index >= 15 is 0 Å². The van der Waals surface area contributed by atoms with Gasteiger partial charge in [-0.05, 0) is 38.4 Å². The lowest BCUT2D eigenvalue weighted by Crippen LogP contribution is -2.41. The number of nitrogens with one attached hydrogen (secondary N) is 1. The lowest BCUT2D eigenvalue weighted by molar-refractivity contribution is 0.280. The fourth-order valence-corrected chi connectivity index (χ4v) is 1.92. The molecule has 1 aromatic rings. The van der Waals surface area contributed by atoms with Gasteiger partial charge in [-0.3, -0.25) is 0 Å². The van der Waals surface area contributed by atoms with Gasteiger partial charge in [0.1, 0.15) is 17.0 Å². The second-order valence-electron chi connectivity index (χ2n) is 4.43. The maximum atomic E-state index is 9.19. The van der Waals surface area contributed by atoms with Crippen molar-refractivity contribution in [2.75, 3.05) is 20.8 Å². The summed E-state index contributed by atoms with van der Waals surface area (Å²) in [5, 5.41) is 12.3. The molecule has 0 spiro atoms. The minimum absolute atomic E-state index is 0.433. The van der Waals surface area contributed by atoms with Gasteiger partial charge in [0.05, 0.1) is 19.8 Å². The van der Waals surface area contributed by atoms with E-state index in [0.29, 0.717) is 6.61 Å². The molecule has 0 bridgehead atoms. The summed E-state index contributed by atoms with van der Waals surface area (Å²) >= 11 is 0. The van der Waals surface area contributed by atoms with Crippen LogP contribution in [-0.2, 0) is 0 Å². The van der Waals surface area contributed by atoms with Crippen LogP contribution < -0.4 is 14.8 Å². The summed E-state index contributed by atoms with van der Waals surface area (Å²) in [6.07, 6.45) is 2.40. The molecule has 0 saturated carbocycles. The van der Waals surface area contributed by atoms with Gasteiger partial charge in [-0.1, -0.05) is 13.0 Å². The summed E-state index contributed by atoms with van der Waals surface area (Å²) < 4.78 is 10.8. The van der Waals surface area contributed by atoms with E-state index in [1.807, 2.05) is 38.2 Å². The zero-order valence-corrected chi connectivity index (χ0v) is 11.9. The first-order valence-electron chi connectivity index (χ1n) is 6.56. The number of methoxy groups -OCH3 is 1. The Morgan fingerprint density at radius 2 is 2.11 bits per heavy atom. The standard InChI is InChI=1S/C15H22N2O2/c1-4-15(12-16,17-2)9-6-10-19-14-8-5-7-13(11-14)18-3/h5,7-8,11,17H,4,6,9-10H2,1-3H3. The van der Waals surface area contributed by atoms with E-state index in [0.717, 1.165) is 30.8 Å². The highest BCUT2D eigenvalue weighted by molar-refractivity contribution is 5.32. The molecule has 1 unspecified atom stereocenters. The smallest absolute Gasteiger partial charge is 0.122 e. The zero-order valence-electron chi connectivity index (χ0n) is 11.9. The van der Waals surface area contributed by atoms with Crippen LogP contribution in [0.5, 0.6) is 11.5 Å². The van der Waals surface area contributed by atoms with Gasteiger partial charge in [0.15, 0.2) is 0 Å². The number of hydrogen-bond donors (Lipinski definition) is 1. The number of nitrogens with zero attached hydrogens (tertiary/aromatic N) is 1. The van der Waals surface area contributed by atoms with Gasteiger partial charge >= 0.3 is 0 Å². The molecule has 0 fully saturated rings. The number of ether oxygens (including phenoxy) is 2. The summed E-state index contributed by atoms with van der Waals surface area (Å²) in [5.74, 6) is 1.58. The van der Waals surface area contributed by atoms with E-state index in [2.05, 4.69) is 11.4 Å². The van der Waals surface area contributed by atoms with Crippen molar-refractivity contribution in [1.82, 2.24) is 5.32 Å². The van der Waals surface area contributed by atoms with Gasteiger partial charge in [-0.15, -0.1) is 0 Å². The van der Waals surface area contributed by atoms with Crippen molar-refractivity contribution in [2.24, 2.45) is 0 Å². The van der Waals surface area contributed by atoms with Gasteiger partial charge in [0.25, 0.3) is 0 Å². The normalized spacial score (nSPS) is 13.4. The van der Waals surface area contributed by atoms with Crippen molar-refractivity contribution in [3.05, 3.63) is 24.3 Å². The largest absolute Gasteiger partial charge is 0.497 e. The monoisotopic (exact) mass is 262 g/mol. The topological polar surface area (TPSA) is 54.3 Å². The third-order valence-electron chi connectivity index (χ3n) is 3.35. The average molecular weight is 262 g/mol. The molecule has 1 N–H and O–H groups in total. The molecule has 1 atom stereocenters. The number of nitriles is 1. The van der Waals surface area contributed by atoms with Crippen LogP contribution in [0.25, 0.3) is 0 Å². The molecule has 0 aliphatic heterocycles. The molecule has 0 amide bonds. The molecular formula is C15H22N2O2. The van der Waals surface area contributed by atoms with Crippen molar-refractivity contribution in [3.8, 4) is 17.6 Å². The third-order valence-corrected chi connectivity index (χ3v) is 3.35. The average Bonchev–Trinajstić information content (AvgIpc) is 2.48. The first-order valence-corrected chi connectivity index (χ1v) is 6.56. The molecule has 1 aromatic carbocycles. The van der Waals surface area contributed by atoms with Gasteiger partial charge in [-0.2, -0.15) is 5.26 Å². The molecular weight excluding hydrogens is 240 g/mol. The Balaban J connectivity index is 2.40. The minimum Gasteiger partial charge on any atom is -0.497 e. The third kappa shape index (κ3) is 4.46. The van der Waals surface area contributed by atoms with Crippen LogP contribution >= 0.6 is 0 Å². The van der Waals surface area contributed by atoms with Gasteiger partial charge in [0, 0.05) is 6.07 Å². The van der Waals surface area contributed by atoms with E-state index in [-0.39, 0.29) is 0 Å². The Hall–Kier alpha value is -1.73. The highest BCUT2D eigenvalue weighted by atomic mass is 16.5. The molecule has 4 nitrogen and oxygen atoms in total. The maximum absolute atomic E-state index is 9.19. The molecule has 104 valence electrons. The first-order chi connectivity index (χ1) is 9.19. The van der Waals surface area contributed by atoms with Crippen molar-refractivity contribution in [1.29, 1.82) is 5.26 Å². The minimum atomic E-state index is -0.433. The predicted octanol–water partition coefficient (Wildman–Crippen LogP) is 2.75. The summed E-state index contributed by atoms with van der Waals surface area (Å²) in [7, 11) is 3.46. The van der Waals surface area contributed by atoms with Gasteiger partial charge in [0.2, 0.25) is 0 Å². The van der Waals surface area contributed by atoms with Crippen LogP contribution in [0.2, 0.25) is 0 Å².